The minimum atomic E-state index is -4.57. The highest BCUT2D eigenvalue weighted by Crippen LogP contribution is 2.43. The third-order valence-corrected chi connectivity index (χ3v) is 4.43. The molecule has 1 fully saturated rings. The van der Waals surface area contributed by atoms with Gasteiger partial charge in [-0.15, -0.1) is 5.10 Å². The Bertz CT molecular complexity index is 1090. The fourth-order valence-electron chi connectivity index (χ4n) is 2.77. The van der Waals surface area contributed by atoms with Gasteiger partial charge in [-0.25, -0.2) is 4.68 Å². The zero-order valence-corrected chi connectivity index (χ0v) is 15.6. The summed E-state index contributed by atoms with van der Waals surface area (Å²) in [5.74, 6) is -4.99. The van der Waals surface area contributed by atoms with Crippen molar-refractivity contribution in [2.24, 2.45) is 5.73 Å². The summed E-state index contributed by atoms with van der Waals surface area (Å²) in [6.07, 6.45) is -11.8. The number of alkyl halides is 3. The van der Waals surface area contributed by atoms with Gasteiger partial charge in [0.1, 0.15) is 0 Å². The highest BCUT2D eigenvalue weighted by molar-refractivity contribution is 5.88. The van der Waals surface area contributed by atoms with Crippen LogP contribution in [0, 0.1) is 11.8 Å². The Hall–Kier alpha value is -3.10. The number of ether oxygens (including phenoxy) is 1. The third kappa shape index (κ3) is 4.03. The zero-order chi connectivity index (χ0) is 24.1. The van der Waals surface area contributed by atoms with Gasteiger partial charge in [-0.2, -0.15) is 18.2 Å². The molecule has 1 aromatic carbocycles. The molecule has 8 N–H and O–H groups in total. The second-order valence-electron chi connectivity index (χ2n) is 6.67. The van der Waals surface area contributed by atoms with Crippen LogP contribution in [0.3, 0.4) is 0 Å². The van der Waals surface area contributed by atoms with E-state index >= 15 is 0 Å². The standard InChI is InChI=1S/C17H15F3N4O8/c18-17(19,20)8-4-1-7(2-5-8)3-6-9-22-12(11(21)25)23-24(9)14-16(30,31)15(28,29)10(32-14)13(26)27/h1-2,4-5,10,13-14,26-31H,(H2,21,25)/t10-,14-/m1/s1. The molecule has 1 aromatic heterocycles. The lowest BCUT2D eigenvalue weighted by molar-refractivity contribution is -0.363. The molecule has 0 saturated carbocycles. The maximum Gasteiger partial charge on any atom is 0.416 e. The Labute approximate surface area is 175 Å². The molecule has 2 heterocycles. The molecule has 1 saturated heterocycles. The Morgan fingerprint density at radius 1 is 1.12 bits per heavy atom. The van der Waals surface area contributed by atoms with Crippen LogP contribution in [-0.2, 0) is 10.9 Å². The van der Waals surface area contributed by atoms with Crippen molar-refractivity contribution in [3.8, 4) is 11.8 Å². The number of aliphatic hydroxyl groups is 6. The first-order valence-electron chi connectivity index (χ1n) is 8.53. The third-order valence-electron chi connectivity index (χ3n) is 4.43. The van der Waals surface area contributed by atoms with E-state index in [2.05, 4.69) is 21.9 Å². The number of nitrogens with zero attached hydrogens (tertiary/aromatic N) is 3. The summed E-state index contributed by atoms with van der Waals surface area (Å²) in [7, 11) is 0. The predicted molar refractivity (Wildman–Crippen MR) is 92.4 cm³/mol. The molecule has 2 atom stereocenters. The summed E-state index contributed by atoms with van der Waals surface area (Å²) in [4.78, 5) is 15.1. The quantitative estimate of drug-likeness (QED) is 0.187. The number of aromatic nitrogens is 3. The van der Waals surface area contributed by atoms with Crippen molar-refractivity contribution in [2.45, 2.75) is 36.4 Å². The van der Waals surface area contributed by atoms with Crippen molar-refractivity contribution in [1.82, 2.24) is 14.8 Å². The summed E-state index contributed by atoms with van der Waals surface area (Å²) >= 11 is 0. The summed E-state index contributed by atoms with van der Waals surface area (Å²) in [5, 5.41) is 62.2. The van der Waals surface area contributed by atoms with Gasteiger partial charge in [0.2, 0.25) is 17.9 Å². The molecular formula is C17H15F3N4O8. The van der Waals surface area contributed by atoms with Crippen LogP contribution in [-0.4, -0.2) is 75.3 Å². The van der Waals surface area contributed by atoms with Gasteiger partial charge in [0.15, 0.2) is 12.4 Å². The van der Waals surface area contributed by atoms with Crippen molar-refractivity contribution in [2.75, 3.05) is 0 Å². The number of hydrogen-bond acceptors (Lipinski definition) is 10. The second kappa shape index (κ2) is 7.79. The fraction of sp³-hybridized carbons (Fsp3) is 0.353. The van der Waals surface area contributed by atoms with Crippen molar-refractivity contribution in [1.29, 1.82) is 0 Å². The summed E-state index contributed by atoms with van der Waals surface area (Å²) in [5.41, 5.74) is 4.21. The molecule has 1 aliphatic heterocycles. The Balaban J connectivity index is 2.04. The van der Waals surface area contributed by atoms with Gasteiger partial charge in [0.25, 0.3) is 17.5 Å². The number of nitrogens with two attached hydrogens (primary N) is 1. The van der Waals surface area contributed by atoms with Crippen LogP contribution >= 0.6 is 0 Å². The molecule has 0 spiro atoms. The topological polar surface area (TPSA) is 204 Å². The zero-order valence-electron chi connectivity index (χ0n) is 15.6. The number of rotatable bonds is 3. The molecule has 1 aliphatic rings. The fourth-order valence-corrected chi connectivity index (χ4v) is 2.77. The van der Waals surface area contributed by atoms with Crippen molar-refractivity contribution in [3.05, 3.63) is 47.0 Å². The SMILES string of the molecule is NC(=O)c1nc(C#Cc2ccc(C(F)(F)F)cc2)n([C@@H]2O[C@H](C(O)O)C(O)(O)C2(O)O)n1. The molecule has 32 heavy (non-hydrogen) atoms. The molecule has 0 radical (unpaired) electrons. The molecular weight excluding hydrogens is 445 g/mol. The van der Waals surface area contributed by atoms with Gasteiger partial charge in [-0.3, -0.25) is 4.79 Å². The van der Waals surface area contributed by atoms with E-state index < -0.39 is 59.5 Å². The van der Waals surface area contributed by atoms with Gasteiger partial charge >= 0.3 is 6.18 Å². The Kier molecular flexibility index (Phi) is 5.74. The lowest BCUT2D eigenvalue weighted by Crippen LogP contribution is -2.60. The summed E-state index contributed by atoms with van der Waals surface area (Å²) in [6, 6.07) is 3.58. The minimum Gasteiger partial charge on any atom is -0.366 e. The van der Waals surface area contributed by atoms with Crippen LogP contribution in [0.15, 0.2) is 24.3 Å². The number of primary amides is 1. The van der Waals surface area contributed by atoms with E-state index in [1.165, 1.54) is 0 Å². The molecule has 12 nitrogen and oxygen atoms in total. The van der Waals surface area contributed by atoms with E-state index in [1.807, 2.05) is 0 Å². The van der Waals surface area contributed by atoms with Crippen LogP contribution in [0.4, 0.5) is 13.2 Å². The number of benzene rings is 1. The van der Waals surface area contributed by atoms with E-state index in [0.717, 1.165) is 24.3 Å². The Morgan fingerprint density at radius 2 is 1.72 bits per heavy atom. The van der Waals surface area contributed by atoms with Gasteiger partial charge in [0.05, 0.1) is 5.56 Å². The molecule has 2 aromatic rings. The molecule has 1 amide bonds. The first kappa shape index (κ1) is 23.6. The smallest absolute Gasteiger partial charge is 0.366 e. The first-order chi connectivity index (χ1) is 14.7. The van der Waals surface area contributed by atoms with Crippen molar-refractivity contribution >= 4 is 5.91 Å². The number of carbonyl (C=O) groups is 1. The van der Waals surface area contributed by atoms with E-state index in [4.69, 9.17) is 10.5 Å². The number of hydrogen-bond donors (Lipinski definition) is 7. The summed E-state index contributed by atoms with van der Waals surface area (Å²) in [6.45, 7) is 0. The van der Waals surface area contributed by atoms with E-state index in [1.54, 1.807) is 0 Å². The maximum absolute atomic E-state index is 12.7. The number of aliphatic hydroxyl groups excluding tert-OH is 1. The van der Waals surface area contributed by atoms with Gasteiger partial charge < -0.3 is 41.1 Å². The normalized spacial score (nSPS) is 21.9. The molecule has 0 bridgehead atoms. The lowest BCUT2D eigenvalue weighted by atomic mass is 10.0. The van der Waals surface area contributed by atoms with Crippen molar-refractivity contribution < 1.29 is 53.3 Å². The number of carbonyl (C=O) groups excluding carboxylic acids is 1. The van der Waals surface area contributed by atoms with Crippen LogP contribution in [0.5, 0.6) is 0 Å². The largest absolute Gasteiger partial charge is 0.416 e. The number of halogens is 3. The minimum absolute atomic E-state index is 0.0575. The summed E-state index contributed by atoms with van der Waals surface area (Å²) < 4.78 is 43.3. The van der Waals surface area contributed by atoms with E-state index in [9.17, 15) is 48.6 Å². The average Bonchev–Trinajstić information content (AvgIpc) is 3.16. The molecule has 0 unspecified atom stereocenters. The van der Waals surface area contributed by atoms with E-state index in [-0.39, 0.29) is 5.56 Å². The molecule has 3 rings (SSSR count). The van der Waals surface area contributed by atoms with Crippen LogP contribution in [0.2, 0.25) is 0 Å². The van der Waals surface area contributed by atoms with Crippen molar-refractivity contribution in [3.63, 3.8) is 0 Å². The highest BCUT2D eigenvalue weighted by Gasteiger charge is 2.69. The molecule has 0 aliphatic carbocycles. The van der Waals surface area contributed by atoms with Gasteiger partial charge in [-0.05, 0) is 30.2 Å². The average molecular weight is 460 g/mol. The maximum atomic E-state index is 12.7. The lowest BCUT2D eigenvalue weighted by Gasteiger charge is -2.31. The second-order valence-corrected chi connectivity index (χ2v) is 6.67. The molecule has 172 valence electrons. The van der Waals surface area contributed by atoms with E-state index in [0.29, 0.717) is 4.68 Å². The van der Waals surface area contributed by atoms with Crippen LogP contribution in [0.25, 0.3) is 0 Å². The number of amides is 1. The Morgan fingerprint density at radius 3 is 2.19 bits per heavy atom. The molecule has 15 heteroatoms. The van der Waals surface area contributed by atoms with Crippen LogP contribution < -0.4 is 5.73 Å². The van der Waals surface area contributed by atoms with Crippen LogP contribution in [0.1, 0.15) is 33.8 Å². The first-order valence-corrected chi connectivity index (χ1v) is 8.53. The predicted octanol–water partition coefficient (Wildman–Crippen LogP) is -2.63. The monoisotopic (exact) mass is 460 g/mol. The highest BCUT2D eigenvalue weighted by atomic mass is 19.4. The van der Waals surface area contributed by atoms with Gasteiger partial charge in [0, 0.05) is 5.56 Å². The van der Waals surface area contributed by atoms with Gasteiger partial charge in [-0.1, -0.05) is 5.92 Å².